The van der Waals surface area contributed by atoms with Gasteiger partial charge >= 0.3 is 172 Å². The Balaban J connectivity index is 2.65. The third-order valence-electron chi connectivity index (χ3n) is 5.55. The SMILES string of the molecule is CCCCCCC[CH2][Sn]1([CH2]CCCCCCC)[O]C(=O)C(C)=C(C)C(=O)[O]1. The standard InChI is InChI=1S/2C8H17.C6H8O4.Sn/c2*1-3-5-7-8-6-4-2;1-3(5(7)8)4(2)6(9)10;/h2*1,3-8H2,2H3;1-2H3,(H,7,8)(H,9,10);/q;;;+2/p-2. The molecule has 0 amide bonds. The molecule has 0 N–H and O–H groups in total. The Morgan fingerprint density at radius 3 is 1.30 bits per heavy atom. The van der Waals surface area contributed by atoms with Crippen molar-refractivity contribution in [3.05, 3.63) is 11.1 Å². The van der Waals surface area contributed by atoms with Gasteiger partial charge in [0.1, 0.15) is 0 Å². The van der Waals surface area contributed by atoms with Crippen LogP contribution in [0.2, 0.25) is 8.87 Å². The van der Waals surface area contributed by atoms with Crippen molar-refractivity contribution in [2.45, 2.75) is 114 Å². The van der Waals surface area contributed by atoms with Gasteiger partial charge in [0.15, 0.2) is 0 Å². The van der Waals surface area contributed by atoms with Crippen molar-refractivity contribution < 1.29 is 15.7 Å². The summed E-state index contributed by atoms with van der Waals surface area (Å²) >= 11 is -3.71. The van der Waals surface area contributed by atoms with Crippen LogP contribution in [0.15, 0.2) is 11.1 Å². The molecular weight excluding hydrogens is 447 g/mol. The van der Waals surface area contributed by atoms with Crippen molar-refractivity contribution in [2.24, 2.45) is 0 Å². The van der Waals surface area contributed by atoms with Crippen LogP contribution in [0.5, 0.6) is 0 Å². The molecule has 1 aliphatic heterocycles. The monoisotopic (exact) mass is 488 g/mol. The zero-order valence-electron chi connectivity index (χ0n) is 18.0. The van der Waals surface area contributed by atoms with Crippen LogP contribution in [0.25, 0.3) is 0 Å². The van der Waals surface area contributed by atoms with E-state index in [1.165, 1.54) is 51.4 Å². The quantitative estimate of drug-likeness (QED) is 0.205. The molecule has 0 aromatic rings. The zero-order chi connectivity index (χ0) is 20.1. The molecule has 0 aliphatic carbocycles. The second kappa shape index (κ2) is 13.6. The van der Waals surface area contributed by atoms with Gasteiger partial charge in [-0.2, -0.15) is 0 Å². The number of unbranched alkanes of at least 4 members (excludes halogenated alkanes) is 10. The van der Waals surface area contributed by atoms with Crippen molar-refractivity contribution >= 4 is 31.1 Å². The first-order valence-corrected chi connectivity index (χ1v) is 17.5. The van der Waals surface area contributed by atoms with Crippen LogP contribution < -0.4 is 0 Å². The Labute approximate surface area is 171 Å². The molecule has 5 heteroatoms. The second-order valence-electron chi connectivity index (χ2n) is 7.98. The predicted octanol–water partition coefficient (Wildman–Crippen LogP) is 6.59. The van der Waals surface area contributed by atoms with Gasteiger partial charge in [0.25, 0.3) is 0 Å². The zero-order valence-corrected chi connectivity index (χ0v) is 20.9. The summed E-state index contributed by atoms with van der Waals surface area (Å²) < 4.78 is 13.6. The average Bonchev–Trinajstić information content (AvgIpc) is 2.72. The first kappa shape index (κ1) is 24.5. The summed E-state index contributed by atoms with van der Waals surface area (Å²) in [6.45, 7) is 7.79. The first-order chi connectivity index (χ1) is 13.0. The summed E-state index contributed by atoms with van der Waals surface area (Å²) in [4.78, 5) is 24.9. The molecule has 0 aromatic heterocycles. The molecule has 156 valence electrons. The molecular formula is C22H40O4Sn. The fourth-order valence-electron chi connectivity index (χ4n) is 3.50. The van der Waals surface area contributed by atoms with Gasteiger partial charge < -0.3 is 0 Å². The van der Waals surface area contributed by atoms with Crippen LogP contribution >= 0.6 is 0 Å². The normalized spacial score (nSPS) is 16.9. The second-order valence-corrected chi connectivity index (χ2v) is 17.2. The Morgan fingerprint density at radius 2 is 0.926 bits per heavy atom. The van der Waals surface area contributed by atoms with Crippen LogP contribution in [0.3, 0.4) is 0 Å². The van der Waals surface area contributed by atoms with Gasteiger partial charge in [-0.25, -0.2) is 0 Å². The van der Waals surface area contributed by atoms with Crippen LogP contribution in [-0.2, 0) is 15.7 Å². The molecule has 0 saturated carbocycles. The number of carbonyl (C=O) groups is 2. The van der Waals surface area contributed by atoms with E-state index in [-0.39, 0.29) is 11.9 Å². The van der Waals surface area contributed by atoms with E-state index < -0.39 is 19.2 Å². The van der Waals surface area contributed by atoms with E-state index in [9.17, 15) is 9.59 Å². The van der Waals surface area contributed by atoms with Crippen LogP contribution in [-0.4, -0.2) is 31.1 Å². The van der Waals surface area contributed by atoms with Crippen molar-refractivity contribution in [2.75, 3.05) is 0 Å². The van der Waals surface area contributed by atoms with E-state index in [0.29, 0.717) is 11.1 Å². The van der Waals surface area contributed by atoms with E-state index in [0.717, 1.165) is 34.6 Å². The number of rotatable bonds is 14. The Morgan fingerprint density at radius 1 is 0.593 bits per heavy atom. The maximum atomic E-state index is 12.5. The molecule has 0 atom stereocenters. The molecule has 1 rings (SSSR count). The van der Waals surface area contributed by atoms with Crippen LogP contribution in [0.1, 0.15) is 105 Å². The summed E-state index contributed by atoms with van der Waals surface area (Å²) in [6, 6.07) is 0. The molecule has 0 aromatic carbocycles. The molecule has 0 unspecified atom stereocenters. The summed E-state index contributed by atoms with van der Waals surface area (Å²) in [6.07, 6.45) is 14.3. The fourth-order valence-corrected chi connectivity index (χ4v) is 12.8. The van der Waals surface area contributed by atoms with E-state index in [1.807, 2.05) is 0 Å². The molecule has 0 saturated heterocycles. The Bertz CT molecular complexity index is 455. The summed E-state index contributed by atoms with van der Waals surface area (Å²) in [7, 11) is 0. The summed E-state index contributed by atoms with van der Waals surface area (Å²) in [5.41, 5.74) is 0.842. The van der Waals surface area contributed by atoms with E-state index in [1.54, 1.807) is 13.8 Å². The minimum atomic E-state index is -3.71. The van der Waals surface area contributed by atoms with Gasteiger partial charge in [0, 0.05) is 0 Å². The first-order valence-electron chi connectivity index (χ1n) is 11.1. The van der Waals surface area contributed by atoms with E-state index >= 15 is 0 Å². The molecule has 0 fully saturated rings. The third-order valence-corrected chi connectivity index (χ3v) is 15.1. The van der Waals surface area contributed by atoms with Crippen molar-refractivity contribution in [1.82, 2.24) is 0 Å². The van der Waals surface area contributed by atoms with E-state index in [4.69, 9.17) is 6.15 Å². The summed E-state index contributed by atoms with van der Waals surface area (Å²) in [5, 5.41) is 0. The van der Waals surface area contributed by atoms with Crippen molar-refractivity contribution in [3.63, 3.8) is 0 Å². The summed E-state index contributed by atoms with van der Waals surface area (Å²) in [5.74, 6) is -0.628. The van der Waals surface area contributed by atoms with Gasteiger partial charge in [-0.15, -0.1) is 0 Å². The van der Waals surface area contributed by atoms with Crippen LogP contribution in [0.4, 0.5) is 0 Å². The average molecular weight is 487 g/mol. The number of hydrogen-bond acceptors (Lipinski definition) is 4. The van der Waals surface area contributed by atoms with Crippen molar-refractivity contribution in [1.29, 1.82) is 0 Å². The number of carbonyl (C=O) groups excluding carboxylic acids is 2. The molecule has 0 bridgehead atoms. The Kier molecular flexibility index (Phi) is 12.4. The molecule has 27 heavy (non-hydrogen) atoms. The fraction of sp³-hybridized carbons (Fsp3) is 0.818. The molecule has 0 spiro atoms. The number of hydrogen-bond donors (Lipinski definition) is 0. The van der Waals surface area contributed by atoms with Crippen LogP contribution in [0, 0.1) is 0 Å². The van der Waals surface area contributed by atoms with E-state index in [2.05, 4.69) is 13.8 Å². The Hall–Kier alpha value is -0.521. The molecule has 0 radical (unpaired) electrons. The van der Waals surface area contributed by atoms with Gasteiger partial charge in [-0.3, -0.25) is 0 Å². The van der Waals surface area contributed by atoms with Gasteiger partial charge in [0.2, 0.25) is 0 Å². The van der Waals surface area contributed by atoms with Gasteiger partial charge in [-0.05, 0) is 0 Å². The molecule has 4 nitrogen and oxygen atoms in total. The van der Waals surface area contributed by atoms with Crippen molar-refractivity contribution in [3.8, 4) is 0 Å². The minimum absolute atomic E-state index is 0.314. The topological polar surface area (TPSA) is 52.6 Å². The molecule has 1 heterocycles. The van der Waals surface area contributed by atoms with Gasteiger partial charge in [0.05, 0.1) is 0 Å². The predicted molar refractivity (Wildman–Crippen MR) is 113 cm³/mol. The maximum absolute atomic E-state index is 12.5. The molecule has 1 aliphatic rings. The van der Waals surface area contributed by atoms with Gasteiger partial charge in [-0.1, -0.05) is 0 Å². The third kappa shape index (κ3) is 9.01.